The summed E-state index contributed by atoms with van der Waals surface area (Å²) in [4.78, 5) is 26.5. The predicted octanol–water partition coefficient (Wildman–Crippen LogP) is -0.210. The van der Waals surface area contributed by atoms with Gasteiger partial charge in [-0.25, -0.2) is 0 Å². The van der Waals surface area contributed by atoms with Crippen LogP contribution in [0.5, 0.6) is 0 Å². The van der Waals surface area contributed by atoms with E-state index in [1.165, 1.54) is 0 Å². The zero-order valence-electron chi connectivity index (χ0n) is 12.5. The van der Waals surface area contributed by atoms with E-state index in [0.717, 1.165) is 38.4 Å². The van der Waals surface area contributed by atoms with Crippen molar-refractivity contribution >= 4 is 11.8 Å². The minimum atomic E-state index is -0.480. The summed E-state index contributed by atoms with van der Waals surface area (Å²) >= 11 is 0. The van der Waals surface area contributed by atoms with Gasteiger partial charge in [-0.3, -0.25) is 14.5 Å². The van der Waals surface area contributed by atoms with Crippen molar-refractivity contribution in [1.82, 2.24) is 15.5 Å². The third-order valence-corrected chi connectivity index (χ3v) is 4.14. The molecule has 1 fully saturated rings. The first-order valence-electron chi connectivity index (χ1n) is 7.70. The van der Waals surface area contributed by atoms with E-state index in [-0.39, 0.29) is 11.8 Å². The number of fused-ring (bicyclic) bond motifs is 1. The molecule has 1 unspecified atom stereocenters. The lowest BCUT2D eigenvalue weighted by molar-refractivity contribution is -0.123. The van der Waals surface area contributed by atoms with Crippen molar-refractivity contribution in [3.63, 3.8) is 0 Å². The first-order chi connectivity index (χ1) is 10.7. The van der Waals surface area contributed by atoms with Crippen LogP contribution in [-0.2, 0) is 16.0 Å². The zero-order valence-corrected chi connectivity index (χ0v) is 12.5. The summed E-state index contributed by atoms with van der Waals surface area (Å²) in [5, 5.41) is 5.69. The summed E-state index contributed by atoms with van der Waals surface area (Å²) in [6.07, 6.45) is 0.547. The summed E-state index contributed by atoms with van der Waals surface area (Å²) < 4.78 is 5.29. The van der Waals surface area contributed by atoms with Gasteiger partial charge in [-0.1, -0.05) is 18.2 Å². The van der Waals surface area contributed by atoms with E-state index >= 15 is 0 Å². The minimum Gasteiger partial charge on any atom is -0.379 e. The lowest BCUT2D eigenvalue weighted by atomic mass is 9.95. The minimum absolute atomic E-state index is 0.115. The molecule has 1 aromatic rings. The average molecular weight is 303 g/mol. The number of nitrogens with one attached hydrogen (secondary N) is 2. The average Bonchev–Trinajstić information content (AvgIpc) is 2.56. The molecular weight excluding hydrogens is 282 g/mol. The van der Waals surface area contributed by atoms with Gasteiger partial charge in [0, 0.05) is 38.2 Å². The molecule has 118 valence electrons. The van der Waals surface area contributed by atoms with Crippen molar-refractivity contribution in [3.05, 3.63) is 35.4 Å². The fraction of sp³-hybridized carbons (Fsp3) is 0.500. The van der Waals surface area contributed by atoms with E-state index in [4.69, 9.17) is 4.74 Å². The number of hydrogen-bond donors (Lipinski definition) is 2. The monoisotopic (exact) mass is 303 g/mol. The first kappa shape index (κ1) is 15.0. The van der Waals surface area contributed by atoms with Gasteiger partial charge in [0.15, 0.2) is 0 Å². The van der Waals surface area contributed by atoms with Gasteiger partial charge in [0.25, 0.3) is 5.91 Å². The van der Waals surface area contributed by atoms with Gasteiger partial charge in [-0.2, -0.15) is 0 Å². The van der Waals surface area contributed by atoms with Gasteiger partial charge in [-0.15, -0.1) is 0 Å². The highest BCUT2D eigenvalue weighted by molar-refractivity contribution is 6.00. The fourth-order valence-corrected chi connectivity index (χ4v) is 2.87. The molecule has 22 heavy (non-hydrogen) atoms. The van der Waals surface area contributed by atoms with E-state index in [1.807, 2.05) is 18.2 Å². The summed E-state index contributed by atoms with van der Waals surface area (Å²) in [6, 6.07) is 6.94. The maximum atomic E-state index is 12.2. The first-order valence-corrected chi connectivity index (χ1v) is 7.70. The second-order valence-electron chi connectivity index (χ2n) is 5.63. The molecule has 2 heterocycles. The molecule has 2 aliphatic heterocycles. The molecule has 1 atom stereocenters. The molecule has 6 heteroatoms. The Kier molecular flexibility index (Phi) is 4.70. The number of rotatable bonds is 4. The molecule has 0 spiro atoms. The lowest BCUT2D eigenvalue weighted by Gasteiger charge is -2.28. The van der Waals surface area contributed by atoms with Crippen LogP contribution in [-0.4, -0.2) is 62.1 Å². The molecule has 0 aromatic heterocycles. The Morgan fingerprint density at radius 3 is 2.91 bits per heavy atom. The summed E-state index contributed by atoms with van der Waals surface area (Å²) in [5.74, 6) is -0.286. The van der Waals surface area contributed by atoms with E-state index < -0.39 is 6.04 Å². The standard InChI is InChI=1S/C16H21N3O3/c20-15-13-4-2-1-3-12(13)11-14(18-15)16(21)17-5-6-19-7-9-22-10-8-19/h1-4,14H,5-11H2,(H,17,21)(H,18,20). The number of benzene rings is 1. The van der Waals surface area contributed by atoms with Crippen molar-refractivity contribution in [2.75, 3.05) is 39.4 Å². The molecule has 0 aliphatic carbocycles. The van der Waals surface area contributed by atoms with Crippen molar-refractivity contribution in [2.45, 2.75) is 12.5 Å². The van der Waals surface area contributed by atoms with Crippen LogP contribution in [0.3, 0.4) is 0 Å². The Labute approximate surface area is 129 Å². The fourth-order valence-electron chi connectivity index (χ4n) is 2.87. The van der Waals surface area contributed by atoms with Crippen molar-refractivity contribution in [1.29, 1.82) is 0 Å². The van der Waals surface area contributed by atoms with Crippen molar-refractivity contribution in [2.24, 2.45) is 0 Å². The molecule has 1 aromatic carbocycles. The van der Waals surface area contributed by atoms with Gasteiger partial charge < -0.3 is 15.4 Å². The third-order valence-electron chi connectivity index (χ3n) is 4.14. The van der Waals surface area contributed by atoms with Crippen LogP contribution in [0.15, 0.2) is 24.3 Å². The highest BCUT2D eigenvalue weighted by Crippen LogP contribution is 2.16. The van der Waals surface area contributed by atoms with Gasteiger partial charge in [-0.05, 0) is 11.6 Å². The van der Waals surface area contributed by atoms with E-state index in [0.29, 0.717) is 18.5 Å². The number of nitrogens with zero attached hydrogens (tertiary/aromatic N) is 1. The lowest BCUT2D eigenvalue weighted by Crippen LogP contribution is -2.52. The molecular formula is C16H21N3O3. The van der Waals surface area contributed by atoms with Gasteiger partial charge in [0.05, 0.1) is 13.2 Å². The van der Waals surface area contributed by atoms with E-state index in [2.05, 4.69) is 15.5 Å². The Morgan fingerprint density at radius 2 is 2.09 bits per heavy atom. The zero-order chi connectivity index (χ0) is 15.4. The van der Waals surface area contributed by atoms with Crippen LogP contribution in [0.2, 0.25) is 0 Å². The maximum Gasteiger partial charge on any atom is 0.252 e. The summed E-state index contributed by atoms with van der Waals surface area (Å²) in [5.41, 5.74) is 1.60. The molecule has 3 rings (SSSR count). The number of hydrogen-bond acceptors (Lipinski definition) is 4. The Balaban J connectivity index is 1.50. The SMILES string of the molecule is O=C1NC(C(=O)NCCN2CCOCC2)Cc2ccccc21. The van der Waals surface area contributed by atoms with Crippen LogP contribution >= 0.6 is 0 Å². The largest absolute Gasteiger partial charge is 0.379 e. The number of morpholine rings is 1. The van der Waals surface area contributed by atoms with Crippen molar-refractivity contribution in [3.8, 4) is 0 Å². The quantitative estimate of drug-likeness (QED) is 0.807. The Hall–Kier alpha value is -1.92. The van der Waals surface area contributed by atoms with Crippen LogP contribution in [0.4, 0.5) is 0 Å². The smallest absolute Gasteiger partial charge is 0.252 e. The number of ether oxygens (including phenoxy) is 1. The van der Waals surface area contributed by atoms with Gasteiger partial charge >= 0.3 is 0 Å². The van der Waals surface area contributed by atoms with E-state index in [1.54, 1.807) is 6.07 Å². The molecule has 6 nitrogen and oxygen atoms in total. The number of carbonyl (C=O) groups excluding carboxylic acids is 2. The predicted molar refractivity (Wildman–Crippen MR) is 81.7 cm³/mol. The second-order valence-corrected chi connectivity index (χ2v) is 5.63. The maximum absolute atomic E-state index is 12.2. The molecule has 1 saturated heterocycles. The van der Waals surface area contributed by atoms with Crippen LogP contribution in [0.1, 0.15) is 15.9 Å². The topological polar surface area (TPSA) is 70.7 Å². The van der Waals surface area contributed by atoms with Crippen molar-refractivity contribution < 1.29 is 14.3 Å². The molecule has 2 amide bonds. The van der Waals surface area contributed by atoms with Crippen LogP contribution in [0.25, 0.3) is 0 Å². The van der Waals surface area contributed by atoms with Gasteiger partial charge in [0.2, 0.25) is 5.91 Å². The highest BCUT2D eigenvalue weighted by atomic mass is 16.5. The number of amides is 2. The Bertz CT molecular complexity index is 555. The second kappa shape index (κ2) is 6.89. The summed E-state index contributed by atoms with van der Waals surface area (Å²) in [7, 11) is 0. The molecule has 2 N–H and O–H groups in total. The van der Waals surface area contributed by atoms with Crippen LogP contribution in [0, 0.1) is 0 Å². The highest BCUT2D eigenvalue weighted by Gasteiger charge is 2.28. The van der Waals surface area contributed by atoms with Crippen LogP contribution < -0.4 is 10.6 Å². The van der Waals surface area contributed by atoms with E-state index in [9.17, 15) is 9.59 Å². The summed E-state index contributed by atoms with van der Waals surface area (Å²) in [6.45, 7) is 4.72. The van der Waals surface area contributed by atoms with Gasteiger partial charge in [0.1, 0.15) is 6.04 Å². The molecule has 0 radical (unpaired) electrons. The third kappa shape index (κ3) is 3.45. The Morgan fingerprint density at radius 1 is 1.32 bits per heavy atom. The molecule has 0 saturated carbocycles. The normalized spacial score (nSPS) is 21.8. The molecule has 2 aliphatic rings. The number of carbonyl (C=O) groups is 2. The molecule has 0 bridgehead atoms.